The van der Waals surface area contributed by atoms with E-state index in [1.807, 2.05) is 48.5 Å². The maximum Gasteiger partial charge on any atom is 0.253 e. The van der Waals surface area contributed by atoms with E-state index >= 15 is 0 Å². The number of piperidine rings is 1. The van der Waals surface area contributed by atoms with Crippen molar-refractivity contribution in [2.24, 2.45) is 0 Å². The average molecular weight is 321 g/mol. The Kier molecular flexibility index (Phi) is 5.57. The zero-order chi connectivity index (χ0) is 14.7. The maximum atomic E-state index is 12.7. The van der Waals surface area contributed by atoms with Crippen molar-refractivity contribution in [2.45, 2.75) is 18.9 Å². The van der Waals surface area contributed by atoms with Crippen molar-refractivity contribution in [2.75, 3.05) is 20.1 Å². The molecule has 6 heteroatoms. The van der Waals surface area contributed by atoms with Gasteiger partial charge in [-0.15, -0.1) is 12.4 Å². The van der Waals surface area contributed by atoms with Crippen molar-refractivity contribution in [3.05, 3.63) is 48.3 Å². The molecule has 0 bridgehead atoms. The highest BCUT2D eigenvalue weighted by Crippen LogP contribution is 2.16. The van der Waals surface area contributed by atoms with Crippen LogP contribution in [0.4, 0.5) is 0 Å². The first kappa shape index (κ1) is 16.5. The highest BCUT2D eigenvalue weighted by atomic mass is 35.5. The van der Waals surface area contributed by atoms with E-state index in [0.29, 0.717) is 6.04 Å². The summed E-state index contributed by atoms with van der Waals surface area (Å²) in [4.78, 5) is 14.6. The van der Waals surface area contributed by atoms with Crippen molar-refractivity contribution in [3.63, 3.8) is 0 Å². The molecule has 1 aliphatic rings. The molecule has 118 valence electrons. The van der Waals surface area contributed by atoms with Crippen LogP contribution in [0.3, 0.4) is 0 Å². The van der Waals surface area contributed by atoms with Crippen molar-refractivity contribution in [3.8, 4) is 5.69 Å². The largest absolute Gasteiger partial charge is 0.337 e. The molecule has 1 aromatic carbocycles. The van der Waals surface area contributed by atoms with Crippen LogP contribution in [0.25, 0.3) is 5.69 Å². The molecule has 1 aromatic heterocycles. The van der Waals surface area contributed by atoms with Gasteiger partial charge in [-0.25, -0.2) is 4.68 Å². The zero-order valence-electron chi connectivity index (χ0n) is 12.6. The molecule has 1 amide bonds. The van der Waals surface area contributed by atoms with Gasteiger partial charge < -0.3 is 10.2 Å². The van der Waals surface area contributed by atoms with Crippen LogP contribution in [-0.2, 0) is 0 Å². The normalized spacial score (nSPS) is 17.9. The standard InChI is InChI=1S/C16H20N4O.ClH/c1-17-14-6-3-9-19(12-14)16(21)13-5-2-7-15(11-13)20-10-4-8-18-20;/h2,4-5,7-8,10-11,14,17H,3,6,9,12H2,1H3;1H. The van der Waals surface area contributed by atoms with Gasteiger partial charge in [0.15, 0.2) is 0 Å². The highest BCUT2D eigenvalue weighted by Gasteiger charge is 2.23. The van der Waals surface area contributed by atoms with Gasteiger partial charge in [-0.2, -0.15) is 5.10 Å². The Morgan fingerprint density at radius 3 is 2.95 bits per heavy atom. The first-order valence-electron chi connectivity index (χ1n) is 7.34. The maximum absolute atomic E-state index is 12.7. The quantitative estimate of drug-likeness (QED) is 0.942. The lowest BCUT2D eigenvalue weighted by atomic mass is 10.0. The average Bonchev–Trinajstić information content (AvgIpc) is 3.09. The monoisotopic (exact) mass is 320 g/mol. The summed E-state index contributed by atoms with van der Waals surface area (Å²) in [6.45, 7) is 1.62. The van der Waals surface area contributed by atoms with Crippen LogP contribution < -0.4 is 5.32 Å². The van der Waals surface area contributed by atoms with Crippen LogP contribution in [0, 0.1) is 0 Å². The first-order valence-corrected chi connectivity index (χ1v) is 7.34. The van der Waals surface area contributed by atoms with Crippen molar-refractivity contribution in [1.29, 1.82) is 0 Å². The Morgan fingerprint density at radius 1 is 1.36 bits per heavy atom. The number of benzene rings is 1. The lowest BCUT2D eigenvalue weighted by Gasteiger charge is -2.32. The fourth-order valence-corrected chi connectivity index (χ4v) is 2.78. The molecule has 1 unspecified atom stereocenters. The molecule has 1 aliphatic heterocycles. The number of nitrogens with one attached hydrogen (secondary N) is 1. The van der Waals surface area contributed by atoms with E-state index in [1.54, 1.807) is 10.9 Å². The van der Waals surface area contributed by atoms with E-state index in [-0.39, 0.29) is 18.3 Å². The van der Waals surface area contributed by atoms with E-state index in [0.717, 1.165) is 37.2 Å². The SMILES string of the molecule is CNC1CCCN(C(=O)c2cccc(-n3cccn3)c2)C1.Cl. The molecule has 2 heterocycles. The topological polar surface area (TPSA) is 50.2 Å². The molecule has 3 rings (SSSR count). The number of hydrogen-bond donors (Lipinski definition) is 1. The third-order valence-electron chi connectivity index (χ3n) is 3.98. The minimum absolute atomic E-state index is 0. The fourth-order valence-electron chi connectivity index (χ4n) is 2.78. The summed E-state index contributed by atoms with van der Waals surface area (Å²) < 4.78 is 1.77. The summed E-state index contributed by atoms with van der Waals surface area (Å²) >= 11 is 0. The van der Waals surface area contributed by atoms with Gasteiger partial charge in [0, 0.05) is 37.1 Å². The van der Waals surface area contributed by atoms with Crippen molar-refractivity contribution >= 4 is 18.3 Å². The van der Waals surface area contributed by atoms with Crippen molar-refractivity contribution < 1.29 is 4.79 Å². The Morgan fingerprint density at radius 2 is 2.23 bits per heavy atom. The minimum Gasteiger partial charge on any atom is -0.337 e. The number of nitrogens with zero attached hydrogens (tertiary/aromatic N) is 3. The molecule has 2 aromatic rings. The van der Waals surface area contributed by atoms with Gasteiger partial charge in [0.2, 0.25) is 0 Å². The van der Waals surface area contributed by atoms with Gasteiger partial charge in [0.05, 0.1) is 5.69 Å². The molecule has 1 N–H and O–H groups in total. The number of rotatable bonds is 3. The van der Waals surface area contributed by atoms with Gasteiger partial charge in [0.25, 0.3) is 5.91 Å². The molecule has 0 aliphatic carbocycles. The number of carbonyl (C=O) groups excluding carboxylic acids is 1. The molecule has 0 spiro atoms. The number of carbonyl (C=O) groups is 1. The number of amides is 1. The third kappa shape index (κ3) is 3.48. The lowest BCUT2D eigenvalue weighted by molar-refractivity contribution is 0.0698. The van der Waals surface area contributed by atoms with Gasteiger partial charge in [0.1, 0.15) is 0 Å². The lowest BCUT2D eigenvalue weighted by Crippen LogP contribution is -2.46. The van der Waals surface area contributed by atoms with E-state index in [2.05, 4.69) is 10.4 Å². The number of likely N-dealkylation sites (N-methyl/N-ethyl adjacent to an activating group) is 1. The molecule has 1 saturated heterocycles. The Labute approximate surface area is 136 Å². The number of likely N-dealkylation sites (tertiary alicyclic amines) is 1. The van der Waals surface area contributed by atoms with E-state index in [4.69, 9.17) is 0 Å². The first-order chi connectivity index (χ1) is 10.3. The number of aromatic nitrogens is 2. The zero-order valence-corrected chi connectivity index (χ0v) is 13.4. The van der Waals surface area contributed by atoms with E-state index in [1.165, 1.54) is 0 Å². The summed E-state index contributed by atoms with van der Waals surface area (Å²) in [6, 6.07) is 9.91. The van der Waals surface area contributed by atoms with Gasteiger partial charge in [-0.1, -0.05) is 6.07 Å². The molecular formula is C16H21ClN4O. The second-order valence-corrected chi connectivity index (χ2v) is 5.38. The molecule has 0 saturated carbocycles. The minimum atomic E-state index is 0. The van der Waals surface area contributed by atoms with Gasteiger partial charge >= 0.3 is 0 Å². The smallest absolute Gasteiger partial charge is 0.253 e. The predicted molar refractivity (Wildman–Crippen MR) is 88.8 cm³/mol. The Hall–Kier alpha value is -1.85. The molecule has 1 fully saturated rings. The molecule has 22 heavy (non-hydrogen) atoms. The molecular weight excluding hydrogens is 300 g/mol. The van der Waals surface area contributed by atoms with Crippen LogP contribution in [0.1, 0.15) is 23.2 Å². The Bertz CT molecular complexity index is 614. The van der Waals surface area contributed by atoms with E-state index < -0.39 is 0 Å². The molecule has 0 radical (unpaired) electrons. The summed E-state index contributed by atoms with van der Waals surface area (Å²) in [5.74, 6) is 0.101. The summed E-state index contributed by atoms with van der Waals surface area (Å²) in [6.07, 6.45) is 5.79. The van der Waals surface area contributed by atoms with Gasteiger partial charge in [-0.3, -0.25) is 4.79 Å². The van der Waals surface area contributed by atoms with Crippen LogP contribution >= 0.6 is 12.4 Å². The number of halogens is 1. The van der Waals surface area contributed by atoms with Crippen molar-refractivity contribution in [1.82, 2.24) is 20.0 Å². The fraction of sp³-hybridized carbons (Fsp3) is 0.375. The highest BCUT2D eigenvalue weighted by molar-refractivity contribution is 5.94. The van der Waals surface area contributed by atoms with Crippen LogP contribution in [0.15, 0.2) is 42.7 Å². The summed E-state index contributed by atoms with van der Waals surface area (Å²) in [5.41, 5.74) is 1.63. The summed E-state index contributed by atoms with van der Waals surface area (Å²) in [7, 11) is 1.96. The van der Waals surface area contributed by atoms with E-state index in [9.17, 15) is 4.79 Å². The Balaban J connectivity index is 0.00000176. The predicted octanol–water partition coefficient (Wildman–Crippen LogP) is 2.12. The molecule has 5 nitrogen and oxygen atoms in total. The van der Waals surface area contributed by atoms with Crippen LogP contribution in [-0.4, -0.2) is 46.8 Å². The van der Waals surface area contributed by atoms with Gasteiger partial charge in [-0.05, 0) is 44.2 Å². The second-order valence-electron chi connectivity index (χ2n) is 5.38. The van der Waals surface area contributed by atoms with Crippen LogP contribution in [0.5, 0.6) is 0 Å². The third-order valence-corrected chi connectivity index (χ3v) is 3.98. The summed E-state index contributed by atoms with van der Waals surface area (Å²) in [5, 5.41) is 7.47. The van der Waals surface area contributed by atoms with Crippen LogP contribution in [0.2, 0.25) is 0 Å². The molecule has 1 atom stereocenters. The second kappa shape index (κ2) is 7.42. The number of hydrogen-bond acceptors (Lipinski definition) is 3.